The van der Waals surface area contributed by atoms with Gasteiger partial charge in [0.2, 0.25) is 11.8 Å². The van der Waals surface area contributed by atoms with Crippen LogP contribution in [-0.2, 0) is 14.4 Å². The molecule has 1 rings (SSSR count). The van der Waals surface area contributed by atoms with E-state index in [1.165, 1.54) is 6.92 Å². The van der Waals surface area contributed by atoms with Gasteiger partial charge in [-0.25, -0.2) is 0 Å². The van der Waals surface area contributed by atoms with Gasteiger partial charge in [0, 0.05) is 0 Å². The van der Waals surface area contributed by atoms with Gasteiger partial charge in [0.25, 0.3) is 0 Å². The summed E-state index contributed by atoms with van der Waals surface area (Å²) in [5.74, 6) is -2.20. The molecule has 3 atom stereocenters. The first-order valence-electron chi connectivity index (χ1n) is 7.35. The molecule has 1 aromatic carbocycles. The lowest BCUT2D eigenvalue weighted by molar-refractivity contribution is -0.139. The summed E-state index contributed by atoms with van der Waals surface area (Å²) in [6.07, 6.45) is -0.486. The zero-order valence-corrected chi connectivity index (χ0v) is 13.5. The van der Waals surface area contributed by atoms with Gasteiger partial charge in [-0.15, -0.1) is 0 Å². The summed E-state index contributed by atoms with van der Waals surface area (Å²) in [6.45, 7) is 5.33. The van der Waals surface area contributed by atoms with Crippen molar-refractivity contribution in [2.45, 2.75) is 45.3 Å². The van der Waals surface area contributed by atoms with Gasteiger partial charge in [-0.1, -0.05) is 29.8 Å². The first-order chi connectivity index (χ1) is 10.7. The third-order valence-electron chi connectivity index (χ3n) is 3.42. The van der Waals surface area contributed by atoms with Crippen LogP contribution in [0.2, 0.25) is 0 Å². The quantitative estimate of drug-likeness (QED) is 0.582. The molecule has 0 radical (unpaired) electrons. The molecule has 0 fully saturated rings. The smallest absolute Gasteiger partial charge is 0.305 e. The maximum atomic E-state index is 12.1. The average Bonchev–Trinajstić information content (AvgIpc) is 2.46. The average molecular weight is 321 g/mol. The Hall–Kier alpha value is -2.41. The molecule has 0 aromatic heterocycles. The zero-order chi connectivity index (χ0) is 17.6. The Morgan fingerprint density at radius 1 is 1.09 bits per heavy atom. The van der Waals surface area contributed by atoms with Crippen LogP contribution in [0.5, 0.6) is 0 Å². The Morgan fingerprint density at radius 2 is 1.65 bits per heavy atom. The van der Waals surface area contributed by atoms with Crippen LogP contribution in [0, 0.1) is 6.92 Å². The lowest BCUT2D eigenvalue weighted by Crippen LogP contribution is -2.51. The third-order valence-corrected chi connectivity index (χ3v) is 3.42. The van der Waals surface area contributed by atoms with E-state index in [0.29, 0.717) is 0 Å². The van der Waals surface area contributed by atoms with E-state index in [-0.39, 0.29) is 11.9 Å². The molecule has 1 unspecified atom stereocenters. The maximum Gasteiger partial charge on any atom is 0.305 e. The van der Waals surface area contributed by atoms with E-state index in [2.05, 4.69) is 10.6 Å². The van der Waals surface area contributed by atoms with Gasteiger partial charge < -0.3 is 21.5 Å². The Morgan fingerprint density at radius 3 is 2.17 bits per heavy atom. The number of nitrogens with two attached hydrogens (primary N) is 1. The number of carboxylic acids is 1. The van der Waals surface area contributed by atoms with E-state index in [1.807, 2.05) is 38.1 Å². The van der Waals surface area contributed by atoms with Crippen molar-refractivity contribution >= 4 is 17.8 Å². The van der Waals surface area contributed by atoms with Crippen LogP contribution >= 0.6 is 0 Å². The van der Waals surface area contributed by atoms with E-state index < -0.39 is 30.4 Å². The van der Waals surface area contributed by atoms with E-state index >= 15 is 0 Å². The summed E-state index contributed by atoms with van der Waals surface area (Å²) in [5.41, 5.74) is 7.52. The molecule has 23 heavy (non-hydrogen) atoms. The predicted molar refractivity (Wildman–Crippen MR) is 85.6 cm³/mol. The second kappa shape index (κ2) is 8.28. The molecule has 0 aliphatic heterocycles. The highest BCUT2D eigenvalue weighted by atomic mass is 16.4. The number of amides is 2. The molecule has 0 spiro atoms. The lowest BCUT2D eigenvalue weighted by atomic mass is 10.1. The number of aryl methyl sites for hydroxylation is 1. The molecule has 5 N–H and O–H groups in total. The summed E-state index contributed by atoms with van der Waals surface area (Å²) >= 11 is 0. The van der Waals surface area contributed by atoms with Crippen LogP contribution < -0.4 is 16.4 Å². The largest absolute Gasteiger partial charge is 0.481 e. The van der Waals surface area contributed by atoms with Gasteiger partial charge in [-0.2, -0.15) is 0 Å². The minimum absolute atomic E-state index is 0.213. The zero-order valence-electron chi connectivity index (χ0n) is 13.5. The molecular formula is C16H23N3O4. The van der Waals surface area contributed by atoms with Crippen LogP contribution in [0.3, 0.4) is 0 Å². The molecule has 0 saturated heterocycles. The van der Waals surface area contributed by atoms with Crippen LogP contribution in [0.25, 0.3) is 0 Å². The van der Waals surface area contributed by atoms with Gasteiger partial charge in [0.1, 0.15) is 6.04 Å². The number of carboxylic acid groups (broad SMARTS) is 1. The van der Waals surface area contributed by atoms with Gasteiger partial charge in [0.05, 0.1) is 18.5 Å². The van der Waals surface area contributed by atoms with Crippen LogP contribution in [0.1, 0.15) is 37.4 Å². The fraction of sp³-hybridized carbons (Fsp3) is 0.438. The standard InChI is InChI=1S/C16H23N3O4/c1-9-4-6-12(7-5-9)10(2)18-15(22)11(3)19-16(23)13(17)8-14(20)21/h4-7,10-11,13H,8,17H2,1-3H3,(H,18,22)(H,19,23)(H,20,21)/t10?,11-,13+/m1/s1. The van der Waals surface area contributed by atoms with Crippen molar-refractivity contribution in [3.63, 3.8) is 0 Å². The molecule has 0 bridgehead atoms. The number of carbonyl (C=O) groups is 3. The highest BCUT2D eigenvalue weighted by molar-refractivity contribution is 5.91. The molecule has 7 nitrogen and oxygen atoms in total. The fourth-order valence-corrected chi connectivity index (χ4v) is 1.94. The molecule has 0 aliphatic carbocycles. The molecule has 0 saturated carbocycles. The number of hydrogen-bond donors (Lipinski definition) is 4. The SMILES string of the molecule is Cc1ccc(C(C)NC(=O)[C@@H](C)NC(=O)[C@@H](N)CC(=O)O)cc1. The molecule has 0 heterocycles. The Bertz CT molecular complexity index is 571. The minimum Gasteiger partial charge on any atom is -0.481 e. The molecule has 0 aliphatic rings. The summed E-state index contributed by atoms with van der Waals surface area (Å²) in [7, 11) is 0. The number of rotatable bonds is 7. The fourth-order valence-electron chi connectivity index (χ4n) is 1.94. The molecule has 7 heteroatoms. The van der Waals surface area contributed by atoms with Crippen LogP contribution in [-0.4, -0.2) is 35.0 Å². The van der Waals surface area contributed by atoms with Crippen LogP contribution in [0.4, 0.5) is 0 Å². The van der Waals surface area contributed by atoms with Crippen LogP contribution in [0.15, 0.2) is 24.3 Å². The summed E-state index contributed by atoms with van der Waals surface area (Å²) in [4.78, 5) is 34.3. The Balaban J connectivity index is 2.54. The van der Waals surface area contributed by atoms with Crippen molar-refractivity contribution in [2.75, 3.05) is 0 Å². The monoisotopic (exact) mass is 321 g/mol. The number of aliphatic carboxylic acids is 1. The lowest BCUT2D eigenvalue weighted by Gasteiger charge is -2.20. The van der Waals surface area contributed by atoms with E-state index in [9.17, 15) is 14.4 Å². The second-order valence-electron chi connectivity index (χ2n) is 5.58. The van der Waals surface area contributed by atoms with Gasteiger partial charge in [-0.05, 0) is 26.3 Å². The summed E-state index contributed by atoms with van der Waals surface area (Å²) in [5, 5.41) is 13.8. The Kier molecular flexibility index (Phi) is 6.71. The number of nitrogens with one attached hydrogen (secondary N) is 2. The first kappa shape index (κ1) is 18.6. The van der Waals surface area contributed by atoms with Crippen molar-refractivity contribution in [3.05, 3.63) is 35.4 Å². The minimum atomic E-state index is -1.18. The molecular weight excluding hydrogens is 298 g/mol. The normalized spacial score (nSPS) is 14.4. The van der Waals surface area contributed by atoms with E-state index in [0.717, 1.165) is 11.1 Å². The highest BCUT2D eigenvalue weighted by Crippen LogP contribution is 2.13. The highest BCUT2D eigenvalue weighted by Gasteiger charge is 2.22. The van der Waals surface area contributed by atoms with Crippen molar-refractivity contribution in [1.82, 2.24) is 10.6 Å². The molecule has 1 aromatic rings. The van der Waals surface area contributed by atoms with Crippen molar-refractivity contribution in [1.29, 1.82) is 0 Å². The Labute approximate surface area is 135 Å². The summed E-state index contributed by atoms with van der Waals surface area (Å²) < 4.78 is 0. The number of carbonyl (C=O) groups excluding carboxylic acids is 2. The molecule has 2 amide bonds. The second-order valence-corrected chi connectivity index (χ2v) is 5.58. The number of hydrogen-bond acceptors (Lipinski definition) is 4. The van der Waals surface area contributed by atoms with Crippen molar-refractivity contribution in [2.24, 2.45) is 5.73 Å². The van der Waals surface area contributed by atoms with E-state index in [4.69, 9.17) is 10.8 Å². The van der Waals surface area contributed by atoms with Gasteiger partial charge >= 0.3 is 5.97 Å². The van der Waals surface area contributed by atoms with E-state index in [1.54, 1.807) is 0 Å². The predicted octanol–water partition coefficient (Wildman–Crippen LogP) is 0.479. The van der Waals surface area contributed by atoms with Crippen molar-refractivity contribution in [3.8, 4) is 0 Å². The third kappa shape index (κ3) is 6.07. The van der Waals surface area contributed by atoms with Gasteiger partial charge in [-0.3, -0.25) is 14.4 Å². The number of benzene rings is 1. The summed E-state index contributed by atoms with van der Waals surface area (Å²) in [6, 6.07) is 5.54. The molecule has 126 valence electrons. The van der Waals surface area contributed by atoms with Crippen molar-refractivity contribution < 1.29 is 19.5 Å². The maximum absolute atomic E-state index is 12.1. The first-order valence-corrected chi connectivity index (χ1v) is 7.35. The van der Waals surface area contributed by atoms with Gasteiger partial charge in [0.15, 0.2) is 0 Å². The topological polar surface area (TPSA) is 122 Å².